The Kier molecular flexibility index (Phi) is 3.00. The van der Waals surface area contributed by atoms with Crippen LogP contribution in [0.3, 0.4) is 0 Å². The molecule has 2 N–H and O–H groups in total. The molecule has 112 valence electrons. The van der Waals surface area contributed by atoms with Crippen molar-refractivity contribution >= 4 is 17.5 Å². The highest BCUT2D eigenvalue weighted by molar-refractivity contribution is 5.66. The number of rotatable bonds is 1. The maximum Gasteiger partial charge on any atom is 0.0397 e. The van der Waals surface area contributed by atoms with Crippen molar-refractivity contribution in [1.29, 1.82) is 0 Å². The first-order chi connectivity index (χ1) is 10.7. The summed E-state index contributed by atoms with van der Waals surface area (Å²) in [5.41, 5.74) is 12.5. The Labute approximate surface area is 132 Å². The minimum Gasteiger partial charge on any atom is -0.399 e. The Hall–Kier alpha value is -2.22. The zero-order valence-corrected chi connectivity index (χ0v) is 13.0. The third-order valence-corrected chi connectivity index (χ3v) is 5.30. The van der Waals surface area contributed by atoms with Crippen LogP contribution >= 0.6 is 0 Å². The van der Waals surface area contributed by atoms with Gasteiger partial charge in [0.1, 0.15) is 0 Å². The number of nitrogens with two attached hydrogens (primary N) is 1. The number of hydrogen-bond acceptors (Lipinski definition) is 2. The van der Waals surface area contributed by atoms with E-state index in [1.165, 1.54) is 35.2 Å². The molecule has 4 rings (SSSR count). The molecule has 2 aromatic rings. The standard InChI is InChI=1S/C20H22N2/c1-15-14-17(21)6-7-19(15)22-12-10-20(11-13-22)9-8-16-4-2-3-5-18(16)20/h2-9,14H,10-13,21H2,1H3. The molecule has 1 heterocycles. The molecule has 1 aliphatic carbocycles. The quantitative estimate of drug-likeness (QED) is 0.800. The van der Waals surface area contributed by atoms with Crippen LogP contribution in [-0.2, 0) is 5.41 Å². The van der Waals surface area contributed by atoms with E-state index in [-0.39, 0.29) is 5.41 Å². The van der Waals surface area contributed by atoms with Crippen LogP contribution in [0.5, 0.6) is 0 Å². The van der Waals surface area contributed by atoms with Gasteiger partial charge in [0.15, 0.2) is 0 Å². The first kappa shape index (κ1) is 13.4. The normalized spacial score (nSPS) is 18.7. The van der Waals surface area contributed by atoms with E-state index in [0.29, 0.717) is 0 Å². The van der Waals surface area contributed by atoms with Crippen molar-refractivity contribution < 1.29 is 0 Å². The molecule has 1 saturated heterocycles. The van der Waals surface area contributed by atoms with Gasteiger partial charge < -0.3 is 10.6 Å². The van der Waals surface area contributed by atoms with Crippen molar-refractivity contribution in [2.24, 2.45) is 0 Å². The topological polar surface area (TPSA) is 29.3 Å². The SMILES string of the molecule is Cc1cc(N)ccc1N1CCC2(C=Cc3ccccc32)CC1. The van der Waals surface area contributed by atoms with E-state index < -0.39 is 0 Å². The number of benzene rings is 2. The number of allylic oxidation sites excluding steroid dienone is 1. The zero-order valence-electron chi connectivity index (χ0n) is 13.0. The van der Waals surface area contributed by atoms with Crippen molar-refractivity contribution in [3.8, 4) is 0 Å². The van der Waals surface area contributed by atoms with Gasteiger partial charge in [0.05, 0.1) is 0 Å². The van der Waals surface area contributed by atoms with Crippen LogP contribution in [0, 0.1) is 6.92 Å². The molecule has 0 radical (unpaired) electrons. The fourth-order valence-electron chi connectivity index (χ4n) is 4.05. The molecule has 2 aliphatic rings. The van der Waals surface area contributed by atoms with Gasteiger partial charge in [-0.15, -0.1) is 0 Å². The Morgan fingerprint density at radius 1 is 1.05 bits per heavy atom. The van der Waals surface area contributed by atoms with E-state index in [9.17, 15) is 0 Å². The summed E-state index contributed by atoms with van der Waals surface area (Å²) in [5, 5.41) is 0. The van der Waals surface area contributed by atoms with E-state index >= 15 is 0 Å². The highest BCUT2D eigenvalue weighted by Gasteiger charge is 2.37. The first-order valence-corrected chi connectivity index (χ1v) is 8.08. The molecule has 1 aliphatic heterocycles. The van der Waals surface area contributed by atoms with Crippen LogP contribution in [0.4, 0.5) is 11.4 Å². The van der Waals surface area contributed by atoms with E-state index in [1.54, 1.807) is 0 Å². The van der Waals surface area contributed by atoms with Gasteiger partial charge in [-0.25, -0.2) is 0 Å². The summed E-state index contributed by atoms with van der Waals surface area (Å²) in [6, 6.07) is 15.1. The number of nitrogens with zero attached hydrogens (tertiary/aromatic N) is 1. The summed E-state index contributed by atoms with van der Waals surface area (Å²) >= 11 is 0. The summed E-state index contributed by atoms with van der Waals surface area (Å²) in [7, 11) is 0. The summed E-state index contributed by atoms with van der Waals surface area (Å²) in [6.45, 7) is 4.35. The first-order valence-electron chi connectivity index (χ1n) is 8.08. The number of anilines is 2. The lowest BCUT2D eigenvalue weighted by Crippen LogP contribution is -2.41. The Morgan fingerprint density at radius 3 is 2.59 bits per heavy atom. The van der Waals surface area contributed by atoms with Crippen LogP contribution in [0.1, 0.15) is 29.5 Å². The van der Waals surface area contributed by atoms with Gasteiger partial charge in [0.25, 0.3) is 0 Å². The summed E-state index contributed by atoms with van der Waals surface area (Å²) in [5.74, 6) is 0. The lowest BCUT2D eigenvalue weighted by molar-refractivity contribution is 0.411. The van der Waals surface area contributed by atoms with Crippen molar-refractivity contribution in [3.05, 3.63) is 65.2 Å². The van der Waals surface area contributed by atoms with Gasteiger partial charge in [-0.2, -0.15) is 0 Å². The molecule has 22 heavy (non-hydrogen) atoms. The molecule has 2 nitrogen and oxygen atoms in total. The van der Waals surface area contributed by atoms with Crippen molar-refractivity contribution in [3.63, 3.8) is 0 Å². The van der Waals surface area contributed by atoms with Gasteiger partial charge in [-0.1, -0.05) is 36.4 Å². The predicted molar refractivity (Wildman–Crippen MR) is 94.2 cm³/mol. The molecule has 0 amide bonds. The number of hydrogen-bond donors (Lipinski definition) is 1. The second-order valence-corrected chi connectivity index (χ2v) is 6.61. The highest BCUT2D eigenvalue weighted by Crippen LogP contribution is 2.44. The van der Waals surface area contributed by atoms with Crippen molar-refractivity contribution in [1.82, 2.24) is 0 Å². The van der Waals surface area contributed by atoms with Crippen LogP contribution in [0.2, 0.25) is 0 Å². The van der Waals surface area contributed by atoms with E-state index in [2.05, 4.69) is 60.4 Å². The molecule has 1 fully saturated rings. The summed E-state index contributed by atoms with van der Waals surface area (Å²) in [6.07, 6.45) is 7.11. The molecular weight excluding hydrogens is 268 g/mol. The van der Waals surface area contributed by atoms with E-state index in [1.807, 2.05) is 6.07 Å². The minimum atomic E-state index is 0.259. The van der Waals surface area contributed by atoms with Gasteiger partial charge in [0.2, 0.25) is 0 Å². The molecule has 1 spiro atoms. The number of piperidine rings is 1. The molecule has 0 aromatic heterocycles. The molecule has 0 atom stereocenters. The van der Waals surface area contributed by atoms with Gasteiger partial charge in [-0.05, 0) is 54.7 Å². The Bertz CT molecular complexity index is 737. The zero-order chi connectivity index (χ0) is 15.2. The van der Waals surface area contributed by atoms with Gasteiger partial charge in [0, 0.05) is 29.9 Å². The molecular formula is C20H22N2. The Balaban J connectivity index is 1.58. The van der Waals surface area contributed by atoms with E-state index in [4.69, 9.17) is 5.73 Å². The maximum absolute atomic E-state index is 5.88. The largest absolute Gasteiger partial charge is 0.399 e. The molecule has 0 bridgehead atoms. The molecule has 2 heteroatoms. The van der Waals surface area contributed by atoms with Gasteiger partial charge in [-0.3, -0.25) is 0 Å². The Morgan fingerprint density at radius 2 is 1.82 bits per heavy atom. The van der Waals surface area contributed by atoms with Crippen LogP contribution in [0.15, 0.2) is 48.5 Å². The maximum atomic E-state index is 5.88. The van der Waals surface area contributed by atoms with Gasteiger partial charge >= 0.3 is 0 Å². The number of fused-ring (bicyclic) bond motifs is 2. The summed E-state index contributed by atoms with van der Waals surface area (Å²) in [4.78, 5) is 2.51. The second-order valence-electron chi connectivity index (χ2n) is 6.61. The summed E-state index contributed by atoms with van der Waals surface area (Å²) < 4.78 is 0. The molecule has 2 aromatic carbocycles. The highest BCUT2D eigenvalue weighted by atomic mass is 15.1. The average molecular weight is 290 g/mol. The third kappa shape index (κ3) is 2.02. The minimum absolute atomic E-state index is 0.259. The lowest BCUT2D eigenvalue weighted by Gasteiger charge is -2.41. The van der Waals surface area contributed by atoms with E-state index in [0.717, 1.165) is 18.8 Å². The monoisotopic (exact) mass is 290 g/mol. The number of aryl methyl sites for hydroxylation is 1. The fourth-order valence-corrected chi connectivity index (χ4v) is 4.05. The molecule has 0 unspecified atom stereocenters. The third-order valence-electron chi connectivity index (χ3n) is 5.30. The van der Waals surface area contributed by atoms with Crippen LogP contribution in [-0.4, -0.2) is 13.1 Å². The van der Waals surface area contributed by atoms with Crippen molar-refractivity contribution in [2.75, 3.05) is 23.7 Å². The second kappa shape index (κ2) is 4.91. The lowest BCUT2D eigenvalue weighted by atomic mass is 9.74. The molecule has 0 saturated carbocycles. The number of nitrogen functional groups attached to an aromatic ring is 1. The van der Waals surface area contributed by atoms with Crippen molar-refractivity contribution in [2.45, 2.75) is 25.2 Å². The average Bonchev–Trinajstić information content (AvgIpc) is 2.88. The van der Waals surface area contributed by atoms with Crippen LogP contribution < -0.4 is 10.6 Å². The smallest absolute Gasteiger partial charge is 0.0397 e. The predicted octanol–water partition coefficient (Wildman–Crippen LogP) is 4.14. The van der Waals surface area contributed by atoms with Crippen LogP contribution in [0.25, 0.3) is 6.08 Å². The fraction of sp³-hybridized carbons (Fsp3) is 0.300.